The maximum atomic E-state index is 12.2. The second-order valence-electron chi connectivity index (χ2n) is 6.67. The molecule has 0 spiro atoms. The van der Waals surface area contributed by atoms with Gasteiger partial charge in [-0.3, -0.25) is 0 Å². The third-order valence-corrected chi connectivity index (χ3v) is 5.27. The van der Waals surface area contributed by atoms with Gasteiger partial charge in [0.05, 0.1) is 10.6 Å². The summed E-state index contributed by atoms with van der Waals surface area (Å²) >= 11 is 0. The summed E-state index contributed by atoms with van der Waals surface area (Å²) < 4.78 is 29.6. The van der Waals surface area contributed by atoms with Gasteiger partial charge in [-0.1, -0.05) is 18.2 Å². The predicted octanol–water partition coefficient (Wildman–Crippen LogP) is 2.72. The molecule has 0 atom stereocenters. The molecule has 6 heteroatoms. The lowest BCUT2D eigenvalue weighted by molar-refractivity contribution is -0.00128. The third kappa shape index (κ3) is 4.47. The van der Waals surface area contributed by atoms with Gasteiger partial charge in [0.2, 0.25) is 0 Å². The summed E-state index contributed by atoms with van der Waals surface area (Å²) in [4.78, 5) is 13.8. The van der Waals surface area contributed by atoms with Crippen LogP contribution in [0.2, 0.25) is 0 Å². The van der Waals surface area contributed by atoms with Crippen LogP contribution in [0, 0.1) is 5.92 Å². The first-order valence-electron chi connectivity index (χ1n) is 7.43. The molecule has 1 amide bonds. The number of benzene rings is 1. The van der Waals surface area contributed by atoms with Gasteiger partial charge in [-0.2, -0.15) is 0 Å². The van der Waals surface area contributed by atoms with Crippen molar-refractivity contribution in [3.05, 3.63) is 30.3 Å². The molecular weight excluding hydrogens is 302 g/mol. The number of rotatable bonds is 4. The largest absolute Gasteiger partial charge is 0.444 e. The van der Waals surface area contributed by atoms with E-state index < -0.39 is 15.4 Å². The normalized spacial score (nSPS) is 16.2. The topological polar surface area (TPSA) is 63.7 Å². The number of nitrogens with zero attached hydrogens (tertiary/aromatic N) is 1. The fraction of sp³-hybridized carbons (Fsp3) is 0.562. The van der Waals surface area contributed by atoms with Gasteiger partial charge >= 0.3 is 6.09 Å². The van der Waals surface area contributed by atoms with Crippen LogP contribution in [0.4, 0.5) is 4.79 Å². The van der Waals surface area contributed by atoms with Crippen molar-refractivity contribution >= 4 is 15.9 Å². The van der Waals surface area contributed by atoms with Crippen LogP contribution >= 0.6 is 0 Å². The lowest BCUT2D eigenvalue weighted by Crippen LogP contribution is -2.51. The fourth-order valence-electron chi connectivity index (χ4n) is 2.30. The van der Waals surface area contributed by atoms with E-state index in [0.29, 0.717) is 24.4 Å². The molecule has 1 saturated heterocycles. The standard InChI is InChI=1S/C16H23NO4S/c1-16(2,3)21-15(18)17-11-13(12-17)9-10-22(19,20)14-7-5-4-6-8-14/h4-8,13H,9-12H2,1-3H3. The molecule has 122 valence electrons. The van der Waals surface area contributed by atoms with Crippen molar-refractivity contribution in [3.8, 4) is 0 Å². The summed E-state index contributed by atoms with van der Waals surface area (Å²) in [7, 11) is -3.23. The van der Waals surface area contributed by atoms with Crippen molar-refractivity contribution in [3.63, 3.8) is 0 Å². The number of ether oxygens (including phenoxy) is 1. The molecule has 5 nitrogen and oxygen atoms in total. The van der Waals surface area contributed by atoms with Gasteiger partial charge in [-0.05, 0) is 45.2 Å². The Labute approximate surface area is 132 Å². The van der Waals surface area contributed by atoms with Crippen LogP contribution in [0.1, 0.15) is 27.2 Å². The van der Waals surface area contributed by atoms with Crippen LogP contribution in [0.25, 0.3) is 0 Å². The van der Waals surface area contributed by atoms with E-state index in [2.05, 4.69) is 0 Å². The van der Waals surface area contributed by atoms with Gasteiger partial charge in [0.1, 0.15) is 5.60 Å². The molecular formula is C16H23NO4S. The van der Waals surface area contributed by atoms with Crippen LogP contribution in [0.15, 0.2) is 35.2 Å². The van der Waals surface area contributed by atoms with Gasteiger partial charge in [0.15, 0.2) is 9.84 Å². The average Bonchev–Trinajstić information content (AvgIpc) is 2.35. The smallest absolute Gasteiger partial charge is 0.410 e. The lowest BCUT2D eigenvalue weighted by atomic mass is 9.98. The summed E-state index contributed by atoms with van der Waals surface area (Å²) in [6, 6.07) is 8.47. The quantitative estimate of drug-likeness (QED) is 0.854. The number of hydrogen-bond donors (Lipinski definition) is 0. The van der Waals surface area contributed by atoms with Gasteiger partial charge in [0, 0.05) is 13.1 Å². The maximum Gasteiger partial charge on any atom is 0.410 e. The molecule has 0 bridgehead atoms. The van der Waals surface area contributed by atoms with Gasteiger partial charge < -0.3 is 9.64 Å². The Morgan fingerprint density at radius 2 is 1.82 bits per heavy atom. The highest BCUT2D eigenvalue weighted by Gasteiger charge is 2.34. The first kappa shape index (κ1) is 16.8. The predicted molar refractivity (Wildman–Crippen MR) is 84.4 cm³/mol. The molecule has 1 aromatic rings. The minimum absolute atomic E-state index is 0.115. The van der Waals surface area contributed by atoms with Crippen LogP contribution in [-0.4, -0.2) is 43.9 Å². The Morgan fingerprint density at radius 1 is 1.23 bits per heavy atom. The molecule has 0 saturated carbocycles. The zero-order valence-corrected chi connectivity index (χ0v) is 14.1. The van der Waals surface area contributed by atoms with E-state index >= 15 is 0 Å². The second kappa shape index (κ2) is 6.28. The van der Waals surface area contributed by atoms with E-state index in [9.17, 15) is 13.2 Å². The summed E-state index contributed by atoms with van der Waals surface area (Å²) in [5.74, 6) is 0.343. The van der Waals surface area contributed by atoms with E-state index in [1.54, 1.807) is 35.2 Å². The van der Waals surface area contributed by atoms with E-state index in [0.717, 1.165) is 0 Å². The zero-order valence-electron chi connectivity index (χ0n) is 13.3. The lowest BCUT2D eigenvalue weighted by Gasteiger charge is -2.39. The van der Waals surface area contributed by atoms with Gasteiger partial charge in [-0.15, -0.1) is 0 Å². The van der Waals surface area contributed by atoms with Crippen molar-refractivity contribution < 1.29 is 17.9 Å². The summed E-state index contributed by atoms with van der Waals surface area (Å²) in [6.45, 7) is 6.62. The Morgan fingerprint density at radius 3 is 2.36 bits per heavy atom. The van der Waals surface area contributed by atoms with Crippen molar-refractivity contribution in [2.45, 2.75) is 37.7 Å². The van der Waals surface area contributed by atoms with Crippen LogP contribution in [-0.2, 0) is 14.6 Å². The summed E-state index contributed by atoms with van der Waals surface area (Å²) in [6.07, 6.45) is 0.242. The molecule has 1 aromatic carbocycles. The summed E-state index contributed by atoms with van der Waals surface area (Å²) in [5, 5.41) is 0. The number of hydrogen-bond acceptors (Lipinski definition) is 4. The Hall–Kier alpha value is -1.56. The molecule has 0 N–H and O–H groups in total. The van der Waals surface area contributed by atoms with Gasteiger partial charge in [0.25, 0.3) is 0 Å². The van der Waals surface area contributed by atoms with Crippen molar-refractivity contribution in [1.82, 2.24) is 4.90 Å². The molecule has 0 aliphatic carbocycles. The SMILES string of the molecule is CC(C)(C)OC(=O)N1CC(CCS(=O)(=O)c2ccccc2)C1. The second-order valence-corrected chi connectivity index (χ2v) is 8.78. The highest BCUT2D eigenvalue weighted by atomic mass is 32.2. The monoisotopic (exact) mass is 325 g/mol. The molecule has 1 fully saturated rings. The van der Waals surface area contributed by atoms with E-state index in [1.165, 1.54) is 0 Å². The van der Waals surface area contributed by atoms with Crippen molar-refractivity contribution in [2.24, 2.45) is 5.92 Å². The highest BCUT2D eigenvalue weighted by molar-refractivity contribution is 7.91. The Kier molecular flexibility index (Phi) is 4.80. The Balaban J connectivity index is 1.78. The van der Waals surface area contributed by atoms with Crippen LogP contribution in [0.5, 0.6) is 0 Å². The van der Waals surface area contributed by atoms with Crippen LogP contribution < -0.4 is 0 Å². The fourth-order valence-corrected chi connectivity index (χ4v) is 3.75. The molecule has 22 heavy (non-hydrogen) atoms. The number of amides is 1. The zero-order chi connectivity index (χ0) is 16.4. The van der Waals surface area contributed by atoms with E-state index in [4.69, 9.17) is 4.74 Å². The van der Waals surface area contributed by atoms with Crippen molar-refractivity contribution in [1.29, 1.82) is 0 Å². The number of carbonyl (C=O) groups is 1. The number of carbonyl (C=O) groups excluding carboxylic acids is 1. The maximum absolute atomic E-state index is 12.2. The van der Waals surface area contributed by atoms with Gasteiger partial charge in [-0.25, -0.2) is 13.2 Å². The number of sulfone groups is 1. The molecule has 1 aliphatic rings. The first-order valence-corrected chi connectivity index (χ1v) is 9.08. The first-order chi connectivity index (χ1) is 10.2. The van der Waals surface area contributed by atoms with Crippen LogP contribution in [0.3, 0.4) is 0 Å². The minimum Gasteiger partial charge on any atom is -0.444 e. The number of likely N-dealkylation sites (tertiary alicyclic amines) is 1. The molecule has 1 heterocycles. The van der Waals surface area contributed by atoms with E-state index in [1.807, 2.05) is 20.8 Å². The molecule has 0 aromatic heterocycles. The third-order valence-electron chi connectivity index (χ3n) is 3.51. The average molecular weight is 325 g/mol. The Bertz CT molecular complexity index is 613. The molecule has 2 rings (SSSR count). The minimum atomic E-state index is -3.23. The summed E-state index contributed by atoms with van der Waals surface area (Å²) in [5.41, 5.74) is -0.501. The molecule has 0 radical (unpaired) electrons. The highest BCUT2D eigenvalue weighted by Crippen LogP contribution is 2.23. The van der Waals surface area contributed by atoms with E-state index in [-0.39, 0.29) is 17.8 Å². The van der Waals surface area contributed by atoms with Crippen molar-refractivity contribution in [2.75, 3.05) is 18.8 Å². The molecule has 1 aliphatic heterocycles. The molecule has 0 unspecified atom stereocenters.